The molecule has 1 aliphatic carbocycles. The minimum Gasteiger partial charge on any atom is -0.481 e. The van der Waals surface area contributed by atoms with Crippen LogP contribution < -0.4 is 0 Å². The second-order valence-corrected chi connectivity index (χ2v) is 6.15. The van der Waals surface area contributed by atoms with Gasteiger partial charge in [0.2, 0.25) is 0 Å². The number of carbonyl (C=O) groups excluding carboxylic acids is 1. The Morgan fingerprint density at radius 1 is 1.42 bits per heavy atom. The summed E-state index contributed by atoms with van der Waals surface area (Å²) >= 11 is 1.66. The lowest BCUT2D eigenvalue weighted by molar-refractivity contribution is -0.141. The summed E-state index contributed by atoms with van der Waals surface area (Å²) in [5, 5.41) is 10.8. The van der Waals surface area contributed by atoms with Crippen LogP contribution in [-0.4, -0.2) is 35.5 Å². The van der Waals surface area contributed by atoms with Gasteiger partial charge in [-0.3, -0.25) is 9.59 Å². The number of hydrogen-bond donors (Lipinski definition) is 1. The molecule has 0 spiro atoms. The van der Waals surface area contributed by atoms with E-state index in [9.17, 15) is 9.59 Å². The van der Waals surface area contributed by atoms with Crippen LogP contribution in [0.15, 0.2) is 5.38 Å². The fourth-order valence-corrected chi connectivity index (χ4v) is 3.57. The lowest BCUT2D eigenvalue weighted by Gasteiger charge is -2.20. The van der Waals surface area contributed by atoms with Crippen molar-refractivity contribution >= 4 is 23.2 Å². The number of aliphatic carboxylic acids is 1. The van der Waals surface area contributed by atoms with Crippen LogP contribution in [0.5, 0.6) is 0 Å². The Labute approximate surface area is 117 Å². The van der Waals surface area contributed by atoms with Crippen LogP contribution in [0.4, 0.5) is 0 Å². The predicted molar refractivity (Wildman–Crippen MR) is 74.7 cm³/mol. The molecule has 0 saturated carbocycles. The molecule has 1 amide bonds. The van der Waals surface area contributed by atoms with Crippen molar-refractivity contribution < 1.29 is 14.7 Å². The summed E-state index contributed by atoms with van der Waals surface area (Å²) in [6.45, 7) is 1.87. The number of hydrogen-bond acceptors (Lipinski definition) is 3. The highest BCUT2D eigenvalue weighted by Crippen LogP contribution is 2.30. The van der Waals surface area contributed by atoms with E-state index in [1.165, 1.54) is 21.8 Å². The van der Waals surface area contributed by atoms with Crippen molar-refractivity contribution in [2.75, 3.05) is 13.6 Å². The van der Waals surface area contributed by atoms with Gasteiger partial charge in [0, 0.05) is 23.8 Å². The van der Waals surface area contributed by atoms with E-state index < -0.39 is 11.9 Å². The topological polar surface area (TPSA) is 57.6 Å². The van der Waals surface area contributed by atoms with E-state index in [0.717, 1.165) is 24.8 Å². The molecular weight excluding hydrogens is 262 g/mol. The van der Waals surface area contributed by atoms with Crippen molar-refractivity contribution in [3.63, 3.8) is 0 Å². The molecular formula is C14H19NO3S. The highest BCUT2D eigenvalue weighted by molar-refractivity contribution is 7.10. The predicted octanol–water partition coefficient (Wildman–Crippen LogP) is 2.42. The molecule has 1 aromatic heterocycles. The summed E-state index contributed by atoms with van der Waals surface area (Å²) < 4.78 is 0. The largest absolute Gasteiger partial charge is 0.481 e. The SMILES string of the molecule is CC(CN(C)C(=O)c1csc2c1CCCC2)C(=O)O. The molecule has 1 aliphatic rings. The molecule has 0 radical (unpaired) electrons. The van der Waals surface area contributed by atoms with Gasteiger partial charge in [-0.05, 0) is 31.2 Å². The van der Waals surface area contributed by atoms with Crippen LogP contribution >= 0.6 is 11.3 Å². The van der Waals surface area contributed by atoms with Crippen molar-refractivity contribution in [2.24, 2.45) is 5.92 Å². The van der Waals surface area contributed by atoms with Crippen LogP contribution in [0.2, 0.25) is 0 Å². The first-order valence-corrected chi connectivity index (χ1v) is 7.46. The lowest BCUT2D eigenvalue weighted by atomic mass is 9.95. The van der Waals surface area contributed by atoms with Gasteiger partial charge in [0.25, 0.3) is 5.91 Å². The maximum Gasteiger partial charge on any atom is 0.308 e. The Hall–Kier alpha value is -1.36. The third-order valence-corrected chi connectivity index (χ3v) is 4.70. The van der Waals surface area contributed by atoms with Crippen molar-refractivity contribution in [2.45, 2.75) is 32.6 Å². The lowest BCUT2D eigenvalue weighted by Crippen LogP contribution is -2.34. The average Bonchev–Trinajstić information content (AvgIpc) is 2.81. The summed E-state index contributed by atoms with van der Waals surface area (Å²) in [6, 6.07) is 0. The first kappa shape index (κ1) is 14.1. The molecule has 104 valence electrons. The molecule has 1 heterocycles. The van der Waals surface area contributed by atoms with Gasteiger partial charge in [0.15, 0.2) is 0 Å². The Balaban J connectivity index is 2.11. The molecule has 0 aromatic carbocycles. The zero-order chi connectivity index (χ0) is 14.0. The van der Waals surface area contributed by atoms with Crippen LogP contribution in [0.25, 0.3) is 0 Å². The third-order valence-electron chi connectivity index (χ3n) is 3.61. The van der Waals surface area contributed by atoms with Gasteiger partial charge < -0.3 is 10.0 Å². The minimum absolute atomic E-state index is 0.0486. The number of carbonyl (C=O) groups is 2. The fraction of sp³-hybridized carbons (Fsp3) is 0.571. The van der Waals surface area contributed by atoms with Gasteiger partial charge >= 0.3 is 5.97 Å². The van der Waals surface area contributed by atoms with Crippen LogP contribution in [0.3, 0.4) is 0 Å². The van der Waals surface area contributed by atoms with Gasteiger partial charge in [-0.1, -0.05) is 6.92 Å². The van der Waals surface area contributed by atoms with Crippen molar-refractivity contribution in [1.29, 1.82) is 0 Å². The molecule has 1 unspecified atom stereocenters. The summed E-state index contributed by atoms with van der Waals surface area (Å²) in [5.74, 6) is -1.46. The standard InChI is InChI=1S/C14H19NO3S/c1-9(14(17)18)7-15(2)13(16)11-8-19-12-6-4-3-5-10(11)12/h8-9H,3-7H2,1-2H3,(H,17,18). The minimum atomic E-state index is -0.869. The van der Waals surface area contributed by atoms with Gasteiger partial charge in [-0.25, -0.2) is 0 Å². The van der Waals surface area contributed by atoms with E-state index in [4.69, 9.17) is 5.11 Å². The van der Waals surface area contributed by atoms with Gasteiger partial charge in [-0.15, -0.1) is 11.3 Å². The van der Waals surface area contributed by atoms with E-state index in [-0.39, 0.29) is 12.5 Å². The Morgan fingerprint density at radius 2 is 2.11 bits per heavy atom. The fourth-order valence-electron chi connectivity index (χ4n) is 2.45. The molecule has 0 fully saturated rings. The van der Waals surface area contributed by atoms with Crippen molar-refractivity contribution in [3.8, 4) is 0 Å². The van der Waals surface area contributed by atoms with Crippen molar-refractivity contribution in [3.05, 3.63) is 21.4 Å². The number of carboxylic acids is 1. The smallest absolute Gasteiger partial charge is 0.308 e. The summed E-state index contributed by atoms with van der Waals surface area (Å²) in [5.41, 5.74) is 1.97. The number of nitrogens with zero attached hydrogens (tertiary/aromatic N) is 1. The van der Waals surface area contributed by atoms with Gasteiger partial charge in [0.1, 0.15) is 0 Å². The summed E-state index contributed by atoms with van der Waals surface area (Å²) in [6.07, 6.45) is 4.39. The average molecular weight is 281 g/mol. The maximum atomic E-state index is 12.4. The second kappa shape index (κ2) is 5.74. The molecule has 2 rings (SSSR count). The maximum absolute atomic E-state index is 12.4. The van der Waals surface area contributed by atoms with Crippen LogP contribution in [0, 0.1) is 5.92 Å². The normalized spacial score (nSPS) is 15.7. The molecule has 0 aliphatic heterocycles. The van der Waals surface area contributed by atoms with E-state index in [2.05, 4.69) is 0 Å². The first-order chi connectivity index (χ1) is 9.00. The van der Waals surface area contributed by atoms with E-state index in [1.807, 2.05) is 5.38 Å². The summed E-state index contributed by atoms with van der Waals surface area (Å²) in [4.78, 5) is 26.1. The quantitative estimate of drug-likeness (QED) is 0.922. The molecule has 0 bridgehead atoms. The van der Waals surface area contributed by atoms with Crippen molar-refractivity contribution in [1.82, 2.24) is 4.90 Å². The zero-order valence-corrected chi connectivity index (χ0v) is 12.1. The summed E-state index contributed by atoms with van der Waals surface area (Å²) in [7, 11) is 1.68. The number of carboxylic acid groups (broad SMARTS) is 1. The number of fused-ring (bicyclic) bond motifs is 1. The van der Waals surface area contributed by atoms with E-state index in [1.54, 1.807) is 25.3 Å². The third kappa shape index (κ3) is 2.97. The monoisotopic (exact) mass is 281 g/mol. The Kier molecular flexibility index (Phi) is 4.24. The highest BCUT2D eigenvalue weighted by atomic mass is 32.1. The number of rotatable bonds is 4. The number of thiophene rings is 1. The molecule has 0 saturated heterocycles. The molecule has 1 aromatic rings. The molecule has 19 heavy (non-hydrogen) atoms. The zero-order valence-electron chi connectivity index (χ0n) is 11.3. The van der Waals surface area contributed by atoms with E-state index >= 15 is 0 Å². The van der Waals surface area contributed by atoms with Crippen LogP contribution in [-0.2, 0) is 17.6 Å². The van der Waals surface area contributed by atoms with E-state index in [0.29, 0.717) is 0 Å². The molecule has 5 heteroatoms. The number of amides is 1. The molecule has 1 N–H and O–H groups in total. The molecule has 4 nitrogen and oxygen atoms in total. The molecule has 1 atom stereocenters. The first-order valence-electron chi connectivity index (χ1n) is 6.58. The Morgan fingerprint density at radius 3 is 2.79 bits per heavy atom. The van der Waals surface area contributed by atoms with Gasteiger partial charge in [-0.2, -0.15) is 0 Å². The second-order valence-electron chi connectivity index (χ2n) is 5.18. The highest BCUT2D eigenvalue weighted by Gasteiger charge is 2.24. The number of aryl methyl sites for hydroxylation is 1. The van der Waals surface area contributed by atoms with Crippen LogP contribution in [0.1, 0.15) is 40.6 Å². The Bertz CT molecular complexity index is 495. The van der Waals surface area contributed by atoms with Gasteiger partial charge in [0.05, 0.1) is 11.5 Å².